The zero-order chi connectivity index (χ0) is 10.5. The molecule has 2 N–H and O–H groups in total. The van der Waals surface area contributed by atoms with E-state index in [1.165, 1.54) is 7.11 Å². The molecule has 60 valence electrons. The van der Waals surface area contributed by atoms with Crippen molar-refractivity contribution in [2.45, 2.75) is 12.5 Å². The van der Waals surface area contributed by atoms with E-state index in [1.807, 2.05) is 0 Å². The van der Waals surface area contributed by atoms with Crippen molar-refractivity contribution in [3.05, 3.63) is 0 Å². The molecule has 10 heavy (non-hydrogen) atoms. The van der Waals surface area contributed by atoms with Gasteiger partial charge >= 0.3 is 5.97 Å². The molecule has 4 heteroatoms. The summed E-state index contributed by atoms with van der Waals surface area (Å²) in [6.07, 6.45) is -1.70. The van der Waals surface area contributed by atoms with Gasteiger partial charge in [-0.25, -0.2) is 0 Å². The first-order valence-corrected chi connectivity index (χ1v) is 3.83. The monoisotopic (exact) mass is 169 g/mol. The second-order valence-electron chi connectivity index (χ2n) is 1.77. The Bertz CT molecular complexity index is 174. The SMILES string of the molecule is [3H]C([3H])([3H])SCCC(N)C(=O)OC. The van der Waals surface area contributed by atoms with Crippen LogP contribution in [0.25, 0.3) is 0 Å². The van der Waals surface area contributed by atoms with Crippen LogP contribution in [0.3, 0.4) is 0 Å². The Labute approximate surface area is 69.5 Å². The van der Waals surface area contributed by atoms with Gasteiger partial charge in [0.25, 0.3) is 0 Å². The maximum Gasteiger partial charge on any atom is 0.322 e. The van der Waals surface area contributed by atoms with Crippen LogP contribution >= 0.6 is 11.8 Å². The van der Waals surface area contributed by atoms with Crippen molar-refractivity contribution in [2.24, 2.45) is 5.73 Å². The molecule has 0 heterocycles. The number of methoxy groups -OCH3 is 1. The minimum Gasteiger partial charge on any atom is -0.468 e. The van der Waals surface area contributed by atoms with Crippen LogP contribution < -0.4 is 5.73 Å². The van der Waals surface area contributed by atoms with Crippen LogP contribution in [0.2, 0.25) is 0 Å². The Morgan fingerprint density at radius 2 is 2.70 bits per heavy atom. The first-order valence-electron chi connectivity index (χ1n) is 4.34. The predicted molar refractivity (Wildman–Crippen MR) is 43.0 cm³/mol. The molecule has 0 aromatic rings. The Kier molecular flexibility index (Phi) is 3.02. The number of hydrogen-bond donors (Lipinski definition) is 1. The van der Waals surface area contributed by atoms with E-state index in [9.17, 15) is 4.79 Å². The van der Waals surface area contributed by atoms with Gasteiger partial charge in [0.05, 0.1) is 7.11 Å². The van der Waals surface area contributed by atoms with Crippen molar-refractivity contribution in [2.75, 3.05) is 19.0 Å². The predicted octanol–water partition coefficient (Wildman–Crippen LogP) is 0.240. The van der Waals surface area contributed by atoms with E-state index in [0.29, 0.717) is 12.2 Å². The van der Waals surface area contributed by atoms with Gasteiger partial charge in [-0.3, -0.25) is 4.79 Å². The fraction of sp³-hybridized carbons (Fsp3) is 0.833. The fourth-order valence-corrected chi connectivity index (χ4v) is 0.827. The number of ether oxygens (including phenoxy) is 1. The number of carbonyl (C=O) groups is 1. The zero-order valence-electron chi connectivity index (χ0n) is 8.79. The van der Waals surface area contributed by atoms with E-state index in [-0.39, 0.29) is 0 Å². The standard InChI is InChI=1S/C6H13NO2S/c1-9-6(8)5(7)3-4-10-2/h5H,3-4,7H2,1-2H3/i2T3. The van der Waals surface area contributed by atoms with E-state index in [0.717, 1.165) is 11.8 Å². The molecule has 0 spiro atoms. The third-order valence-corrected chi connectivity index (χ3v) is 1.47. The molecular formula is C6H13NO2S. The molecule has 0 amide bonds. The average Bonchev–Trinajstić information content (AvgIpc) is 2.00. The highest BCUT2D eigenvalue weighted by Crippen LogP contribution is 1.99. The van der Waals surface area contributed by atoms with Crippen molar-refractivity contribution in [3.63, 3.8) is 0 Å². The summed E-state index contributed by atoms with van der Waals surface area (Å²) in [7, 11) is 1.25. The highest BCUT2D eigenvalue weighted by atomic mass is 32.2. The van der Waals surface area contributed by atoms with Gasteiger partial charge in [-0.05, 0) is 18.4 Å². The summed E-state index contributed by atoms with van der Waals surface area (Å²) in [5.74, 6) is -0.182. The Morgan fingerprint density at radius 3 is 3.20 bits per heavy atom. The fourth-order valence-electron chi connectivity index (χ4n) is 0.455. The molecule has 0 aliphatic rings. The highest BCUT2D eigenvalue weighted by molar-refractivity contribution is 7.98. The molecule has 0 aromatic heterocycles. The van der Waals surface area contributed by atoms with Crippen LogP contribution in [0.5, 0.6) is 0 Å². The average molecular weight is 169 g/mol. The topological polar surface area (TPSA) is 52.3 Å². The molecule has 0 saturated carbocycles. The summed E-state index contributed by atoms with van der Waals surface area (Å²) in [6.45, 7) is 0. The van der Waals surface area contributed by atoms with Gasteiger partial charge in [-0.1, -0.05) is 0 Å². The van der Waals surface area contributed by atoms with Gasteiger partial charge in [-0.2, -0.15) is 11.8 Å². The van der Waals surface area contributed by atoms with E-state index in [2.05, 4.69) is 4.74 Å². The first-order chi connectivity index (χ1) is 5.87. The van der Waals surface area contributed by atoms with E-state index >= 15 is 0 Å². The lowest BCUT2D eigenvalue weighted by atomic mass is 10.2. The Hall–Kier alpha value is -0.220. The van der Waals surface area contributed by atoms with Crippen molar-refractivity contribution in [1.82, 2.24) is 0 Å². The van der Waals surface area contributed by atoms with Gasteiger partial charge < -0.3 is 10.5 Å². The van der Waals surface area contributed by atoms with E-state index in [4.69, 9.17) is 9.85 Å². The summed E-state index contributed by atoms with van der Waals surface area (Å²) in [4.78, 5) is 10.8. The van der Waals surface area contributed by atoms with Crippen LogP contribution in [-0.4, -0.2) is 31.1 Å². The second kappa shape index (κ2) is 5.56. The van der Waals surface area contributed by atoms with E-state index in [1.54, 1.807) is 0 Å². The molecule has 1 unspecified atom stereocenters. The molecule has 3 nitrogen and oxygen atoms in total. The van der Waals surface area contributed by atoms with Crippen molar-refractivity contribution < 1.29 is 13.6 Å². The first kappa shape index (κ1) is 5.43. The molecule has 0 radical (unpaired) electrons. The van der Waals surface area contributed by atoms with Gasteiger partial charge in [0.15, 0.2) is 0 Å². The van der Waals surface area contributed by atoms with Crippen LogP contribution in [0.1, 0.15) is 10.5 Å². The molecule has 0 saturated heterocycles. The molecule has 0 bridgehead atoms. The molecule has 0 fully saturated rings. The number of carbonyl (C=O) groups excluding carboxylic acids is 1. The minimum atomic E-state index is -2.02. The molecular weight excluding hydrogens is 150 g/mol. The largest absolute Gasteiger partial charge is 0.468 e. The minimum absolute atomic E-state index is 0.315. The number of nitrogens with two attached hydrogens (primary N) is 1. The van der Waals surface area contributed by atoms with Gasteiger partial charge in [-0.15, -0.1) is 0 Å². The second-order valence-corrected chi connectivity index (χ2v) is 2.46. The van der Waals surface area contributed by atoms with Gasteiger partial charge in [0.1, 0.15) is 6.04 Å². The van der Waals surface area contributed by atoms with Gasteiger partial charge in [0.2, 0.25) is 0 Å². The smallest absolute Gasteiger partial charge is 0.322 e. The molecule has 0 aliphatic heterocycles. The third kappa shape index (κ3) is 3.74. The van der Waals surface area contributed by atoms with Crippen LogP contribution in [0.4, 0.5) is 0 Å². The number of esters is 1. The van der Waals surface area contributed by atoms with Gasteiger partial charge in [0, 0.05) is 4.11 Å². The summed E-state index contributed by atoms with van der Waals surface area (Å²) in [5, 5.41) is 0. The molecule has 0 aromatic carbocycles. The maximum absolute atomic E-state index is 10.8. The van der Waals surface area contributed by atoms with Crippen LogP contribution in [0.15, 0.2) is 0 Å². The summed E-state index contributed by atoms with van der Waals surface area (Å²) >= 11 is 0.802. The quantitative estimate of drug-likeness (QED) is 0.612. The molecule has 0 rings (SSSR count). The lowest BCUT2D eigenvalue weighted by molar-refractivity contribution is -0.142. The highest BCUT2D eigenvalue weighted by Gasteiger charge is 2.11. The molecule has 1 atom stereocenters. The molecule has 0 aliphatic carbocycles. The zero-order valence-corrected chi connectivity index (χ0v) is 6.61. The summed E-state index contributed by atoms with van der Waals surface area (Å²) < 4.78 is 25.0. The van der Waals surface area contributed by atoms with Crippen molar-refractivity contribution in [3.8, 4) is 0 Å². The number of thioether (sulfide) groups is 1. The Morgan fingerprint density at radius 1 is 2.00 bits per heavy atom. The third-order valence-electron chi connectivity index (χ3n) is 1.03. The normalized spacial score (nSPS) is 18.4. The number of rotatable bonds is 4. The van der Waals surface area contributed by atoms with Crippen LogP contribution in [0, 0.1) is 0 Å². The van der Waals surface area contributed by atoms with E-state index < -0.39 is 18.2 Å². The Balaban J connectivity index is 3.59. The lowest BCUT2D eigenvalue weighted by Gasteiger charge is -2.06. The van der Waals surface area contributed by atoms with Crippen LogP contribution in [-0.2, 0) is 9.53 Å². The van der Waals surface area contributed by atoms with Crippen molar-refractivity contribution in [1.29, 1.82) is 0 Å². The van der Waals surface area contributed by atoms with Crippen molar-refractivity contribution >= 4 is 17.7 Å². The summed E-state index contributed by atoms with van der Waals surface area (Å²) in [6, 6.07) is -0.722. The lowest BCUT2D eigenvalue weighted by Crippen LogP contribution is -2.31. The number of hydrogen-bond acceptors (Lipinski definition) is 4. The summed E-state index contributed by atoms with van der Waals surface area (Å²) in [5.41, 5.74) is 5.39. The maximum atomic E-state index is 10.8.